The van der Waals surface area contributed by atoms with Crippen LogP contribution in [-0.2, 0) is 6.18 Å². The molecule has 3 rings (SSSR count). The van der Waals surface area contributed by atoms with Crippen molar-refractivity contribution in [3.8, 4) is 0 Å². The predicted molar refractivity (Wildman–Crippen MR) is 86.1 cm³/mol. The number of hydrogen-bond acceptors (Lipinski definition) is 1. The van der Waals surface area contributed by atoms with Gasteiger partial charge in [-0.05, 0) is 36.6 Å². The van der Waals surface area contributed by atoms with Gasteiger partial charge in [-0.25, -0.2) is 0 Å². The van der Waals surface area contributed by atoms with Gasteiger partial charge >= 0.3 is 6.18 Å². The summed E-state index contributed by atoms with van der Waals surface area (Å²) in [4.78, 5) is 12.3. The summed E-state index contributed by atoms with van der Waals surface area (Å²) in [5.74, 6) is -0.700. The summed E-state index contributed by atoms with van der Waals surface area (Å²) >= 11 is 5.99. The maximum atomic E-state index is 13.2. The normalized spacial score (nSPS) is 20.3. The first-order chi connectivity index (χ1) is 11.4. The van der Waals surface area contributed by atoms with E-state index in [0.717, 1.165) is 6.07 Å². The van der Waals surface area contributed by atoms with Gasteiger partial charge < -0.3 is 5.32 Å². The van der Waals surface area contributed by atoms with Gasteiger partial charge in [0.15, 0.2) is 0 Å². The smallest absolute Gasteiger partial charge is 0.349 e. The molecule has 1 amide bonds. The van der Waals surface area contributed by atoms with Crippen LogP contribution < -0.4 is 5.32 Å². The fraction of sp³-hybridized carbons (Fsp3) is 0.278. The number of carbonyl (C=O) groups excluding carboxylic acids is 1. The van der Waals surface area contributed by atoms with E-state index < -0.39 is 11.7 Å². The summed E-state index contributed by atoms with van der Waals surface area (Å²) in [5, 5.41) is 3.13. The van der Waals surface area contributed by atoms with E-state index >= 15 is 0 Å². The SMILES string of the molecule is O=C(N[C@H]1CC[C@H]1c1ccccc1C(F)(F)F)c1ccccc1Cl. The lowest BCUT2D eigenvalue weighted by Gasteiger charge is -2.38. The van der Waals surface area contributed by atoms with Crippen LogP contribution in [0.1, 0.15) is 40.2 Å². The zero-order valence-electron chi connectivity index (χ0n) is 12.6. The molecule has 2 nitrogen and oxygen atoms in total. The van der Waals surface area contributed by atoms with E-state index in [1.165, 1.54) is 12.1 Å². The van der Waals surface area contributed by atoms with Crippen molar-refractivity contribution in [3.63, 3.8) is 0 Å². The first kappa shape index (κ1) is 16.8. The number of amides is 1. The zero-order valence-corrected chi connectivity index (χ0v) is 13.4. The van der Waals surface area contributed by atoms with Gasteiger partial charge in [0.2, 0.25) is 0 Å². The first-order valence-electron chi connectivity index (χ1n) is 7.59. The van der Waals surface area contributed by atoms with Crippen molar-refractivity contribution < 1.29 is 18.0 Å². The molecule has 0 unspecified atom stereocenters. The summed E-state index contributed by atoms with van der Waals surface area (Å²) in [6, 6.07) is 11.8. The van der Waals surface area contributed by atoms with E-state index in [1.54, 1.807) is 30.3 Å². The van der Waals surface area contributed by atoms with Crippen LogP contribution in [-0.4, -0.2) is 11.9 Å². The molecular formula is C18H15ClF3NO. The van der Waals surface area contributed by atoms with Crippen LogP contribution in [0.2, 0.25) is 5.02 Å². The van der Waals surface area contributed by atoms with Crippen LogP contribution in [0.25, 0.3) is 0 Å². The molecular weight excluding hydrogens is 339 g/mol. The highest BCUT2D eigenvalue weighted by atomic mass is 35.5. The molecule has 0 bridgehead atoms. The molecule has 0 radical (unpaired) electrons. The average Bonchev–Trinajstić information content (AvgIpc) is 2.51. The molecule has 6 heteroatoms. The Bertz CT molecular complexity index is 760. The summed E-state index contributed by atoms with van der Waals surface area (Å²) in [6.07, 6.45) is -3.14. The van der Waals surface area contributed by atoms with Gasteiger partial charge in [-0.3, -0.25) is 4.79 Å². The van der Waals surface area contributed by atoms with Gasteiger partial charge in [-0.1, -0.05) is 41.9 Å². The molecule has 2 atom stereocenters. The number of hydrogen-bond donors (Lipinski definition) is 1. The van der Waals surface area contributed by atoms with Gasteiger partial charge in [0.1, 0.15) is 0 Å². The number of halogens is 4. The molecule has 1 N–H and O–H groups in total. The molecule has 0 heterocycles. The molecule has 1 aliphatic rings. The Morgan fingerprint density at radius 1 is 1.04 bits per heavy atom. The quantitative estimate of drug-likeness (QED) is 0.823. The second-order valence-electron chi connectivity index (χ2n) is 5.83. The Balaban J connectivity index is 1.79. The minimum Gasteiger partial charge on any atom is -0.349 e. The predicted octanol–water partition coefficient (Wildman–Crippen LogP) is 5.03. The van der Waals surface area contributed by atoms with E-state index in [-0.39, 0.29) is 23.4 Å². The van der Waals surface area contributed by atoms with Crippen LogP contribution >= 0.6 is 11.6 Å². The molecule has 2 aromatic rings. The summed E-state index contributed by atoms with van der Waals surface area (Å²) in [5.41, 5.74) is -0.0682. The highest BCUT2D eigenvalue weighted by Gasteiger charge is 2.40. The minimum absolute atomic E-state index is 0.237. The molecule has 0 saturated heterocycles. The van der Waals surface area contributed by atoms with E-state index in [1.807, 2.05) is 0 Å². The van der Waals surface area contributed by atoms with Crippen LogP contribution in [0.5, 0.6) is 0 Å². The van der Waals surface area contributed by atoms with Crippen molar-refractivity contribution in [2.24, 2.45) is 0 Å². The van der Waals surface area contributed by atoms with Crippen molar-refractivity contribution in [2.75, 3.05) is 0 Å². The Kier molecular flexibility index (Phi) is 4.54. The zero-order chi connectivity index (χ0) is 17.3. The molecule has 0 aliphatic heterocycles. The molecule has 1 saturated carbocycles. The Morgan fingerprint density at radius 2 is 1.71 bits per heavy atom. The maximum absolute atomic E-state index is 13.2. The molecule has 24 heavy (non-hydrogen) atoms. The average molecular weight is 354 g/mol. The summed E-state index contributed by atoms with van der Waals surface area (Å²) in [6.45, 7) is 0. The second-order valence-corrected chi connectivity index (χ2v) is 6.24. The van der Waals surface area contributed by atoms with Crippen molar-refractivity contribution in [3.05, 3.63) is 70.2 Å². The Hall–Kier alpha value is -2.01. The van der Waals surface area contributed by atoms with Crippen LogP contribution in [0.3, 0.4) is 0 Å². The standard InChI is InChI=1S/C18H15ClF3NO/c19-15-8-4-2-6-13(15)17(24)23-16-10-9-12(16)11-5-1-3-7-14(11)18(20,21)22/h1-8,12,16H,9-10H2,(H,23,24)/t12-,16-/m0/s1. The Labute approximate surface area is 142 Å². The fourth-order valence-corrected chi connectivity index (χ4v) is 3.24. The van der Waals surface area contributed by atoms with E-state index in [2.05, 4.69) is 5.32 Å². The van der Waals surface area contributed by atoms with Crippen LogP contribution in [0.15, 0.2) is 48.5 Å². The van der Waals surface area contributed by atoms with Crippen molar-refractivity contribution >= 4 is 17.5 Å². The molecule has 1 fully saturated rings. The minimum atomic E-state index is -4.40. The number of nitrogens with one attached hydrogen (secondary N) is 1. The van der Waals surface area contributed by atoms with Crippen molar-refractivity contribution in [2.45, 2.75) is 31.0 Å². The number of rotatable bonds is 3. The highest BCUT2D eigenvalue weighted by molar-refractivity contribution is 6.33. The number of carbonyl (C=O) groups is 1. The molecule has 0 aromatic heterocycles. The lowest BCUT2D eigenvalue weighted by molar-refractivity contribution is -0.138. The van der Waals surface area contributed by atoms with Crippen molar-refractivity contribution in [1.29, 1.82) is 0 Å². The molecule has 1 aliphatic carbocycles. The largest absolute Gasteiger partial charge is 0.416 e. The highest BCUT2D eigenvalue weighted by Crippen LogP contribution is 2.43. The monoisotopic (exact) mass is 353 g/mol. The van der Waals surface area contributed by atoms with Crippen molar-refractivity contribution in [1.82, 2.24) is 5.32 Å². The van der Waals surface area contributed by atoms with E-state index in [0.29, 0.717) is 23.4 Å². The number of benzene rings is 2. The first-order valence-corrected chi connectivity index (χ1v) is 7.97. The third-order valence-corrected chi connectivity index (χ3v) is 4.70. The lowest BCUT2D eigenvalue weighted by Crippen LogP contribution is -2.46. The summed E-state index contributed by atoms with van der Waals surface area (Å²) in [7, 11) is 0. The topological polar surface area (TPSA) is 29.1 Å². The van der Waals surface area contributed by atoms with Crippen LogP contribution in [0, 0.1) is 0 Å². The summed E-state index contributed by atoms with van der Waals surface area (Å²) < 4.78 is 39.5. The lowest BCUT2D eigenvalue weighted by atomic mass is 9.73. The third-order valence-electron chi connectivity index (χ3n) is 4.38. The molecule has 0 spiro atoms. The van der Waals surface area contributed by atoms with Gasteiger partial charge in [0, 0.05) is 12.0 Å². The maximum Gasteiger partial charge on any atom is 0.416 e. The van der Waals surface area contributed by atoms with Gasteiger partial charge in [-0.15, -0.1) is 0 Å². The molecule has 2 aromatic carbocycles. The van der Waals surface area contributed by atoms with Gasteiger partial charge in [0.05, 0.1) is 16.1 Å². The number of alkyl halides is 3. The van der Waals surface area contributed by atoms with Crippen LogP contribution in [0.4, 0.5) is 13.2 Å². The fourth-order valence-electron chi connectivity index (χ4n) is 3.01. The second kappa shape index (κ2) is 6.48. The Morgan fingerprint density at radius 3 is 2.33 bits per heavy atom. The van der Waals surface area contributed by atoms with E-state index in [4.69, 9.17) is 11.6 Å². The van der Waals surface area contributed by atoms with Gasteiger partial charge in [-0.2, -0.15) is 13.2 Å². The van der Waals surface area contributed by atoms with E-state index in [9.17, 15) is 18.0 Å². The molecule has 126 valence electrons. The third kappa shape index (κ3) is 3.26. The van der Waals surface area contributed by atoms with Gasteiger partial charge in [0.25, 0.3) is 5.91 Å².